The minimum Gasteiger partial charge on any atom is -0.497 e. The predicted molar refractivity (Wildman–Crippen MR) is 87.1 cm³/mol. The molecule has 1 N–H and O–H groups in total. The fraction of sp³-hybridized carbons (Fsp3) is 0.333. The summed E-state index contributed by atoms with van der Waals surface area (Å²) < 4.78 is 5.23. The van der Waals surface area contributed by atoms with Crippen molar-refractivity contribution < 1.29 is 4.74 Å². The normalized spacial score (nSPS) is 18.5. The summed E-state index contributed by atoms with van der Waals surface area (Å²) in [5, 5.41) is 3.62. The van der Waals surface area contributed by atoms with Crippen LogP contribution in [0.1, 0.15) is 5.56 Å². The van der Waals surface area contributed by atoms with E-state index >= 15 is 0 Å². The minimum atomic E-state index is 0.503. The average molecular weight is 282 g/mol. The van der Waals surface area contributed by atoms with E-state index in [0.29, 0.717) is 6.04 Å². The van der Waals surface area contributed by atoms with Crippen molar-refractivity contribution in [3.8, 4) is 5.75 Å². The van der Waals surface area contributed by atoms with E-state index < -0.39 is 0 Å². The Kier molecular flexibility index (Phi) is 4.41. The molecule has 0 radical (unpaired) electrons. The number of rotatable bonds is 4. The van der Waals surface area contributed by atoms with Crippen molar-refractivity contribution in [2.75, 3.05) is 31.6 Å². The third-order valence-corrected chi connectivity index (χ3v) is 4.02. The van der Waals surface area contributed by atoms with Crippen LogP contribution in [-0.4, -0.2) is 32.8 Å². The summed E-state index contributed by atoms with van der Waals surface area (Å²) in [4.78, 5) is 2.45. The van der Waals surface area contributed by atoms with E-state index in [4.69, 9.17) is 4.74 Å². The van der Waals surface area contributed by atoms with Gasteiger partial charge in [-0.2, -0.15) is 0 Å². The topological polar surface area (TPSA) is 24.5 Å². The molecule has 2 aromatic rings. The lowest BCUT2D eigenvalue weighted by Crippen LogP contribution is -2.51. The van der Waals surface area contributed by atoms with Crippen LogP contribution in [0.25, 0.3) is 0 Å². The Bertz CT molecular complexity index is 553. The molecule has 1 heterocycles. The summed E-state index contributed by atoms with van der Waals surface area (Å²) in [5.74, 6) is 0.912. The van der Waals surface area contributed by atoms with Gasteiger partial charge in [0.15, 0.2) is 0 Å². The van der Waals surface area contributed by atoms with Crippen LogP contribution in [0.15, 0.2) is 54.6 Å². The van der Waals surface area contributed by atoms with E-state index in [9.17, 15) is 0 Å². The predicted octanol–water partition coefficient (Wildman–Crippen LogP) is 2.72. The average Bonchev–Trinajstić information content (AvgIpc) is 2.56. The first kappa shape index (κ1) is 14.0. The number of nitrogens with zero attached hydrogens (tertiary/aromatic N) is 1. The number of nitrogens with one attached hydrogen (secondary N) is 1. The van der Waals surface area contributed by atoms with E-state index in [1.807, 2.05) is 12.1 Å². The lowest BCUT2D eigenvalue weighted by molar-refractivity contribution is 0.414. The van der Waals surface area contributed by atoms with Crippen molar-refractivity contribution in [1.29, 1.82) is 0 Å². The molecule has 1 atom stereocenters. The highest BCUT2D eigenvalue weighted by Crippen LogP contribution is 2.21. The number of hydrogen-bond donors (Lipinski definition) is 1. The summed E-state index contributed by atoms with van der Waals surface area (Å²) in [5.41, 5.74) is 2.67. The van der Waals surface area contributed by atoms with E-state index in [-0.39, 0.29) is 0 Å². The van der Waals surface area contributed by atoms with Crippen LogP contribution in [0.5, 0.6) is 5.75 Å². The van der Waals surface area contributed by atoms with Gasteiger partial charge in [-0.15, -0.1) is 0 Å². The largest absolute Gasteiger partial charge is 0.497 e. The number of ether oxygens (including phenoxy) is 1. The van der Waals surface area contributed by atoms with Crippen molar-refractivity contribution in [3.05, 3.63) is 60.2 Å². The molecule has 1 fully saturated rings. The summed E-state index contributed by atoms with van der Waals surface area (Å²) in [6, 6.07) is 19.5. The zero-order valence-electron chi connectivity index (χ0n) is 12.5. The van der Waals surface area contributed by atoms with Gasteiger partial charge >= 0.3 is 0 Å². The molecular formula is C18H22N2O. The summed E-state index contributed by atoms with van der Waals surface area (Å²) in [7, 11) is 1.70. The molecule has 21 heavy (non-hydrogen) atoms. The highest BCUT2D eigenvalue weighted by Gasteiger charge is 2.19. The molecule has 0 saturated carbocycles. The highest BCUT2D eigenvalue weighted by molar-refractivity contribution is 5.49. The molecule has 0 aromatic heterocycles. The standard InChI is InChI=1S/C18H22N2O/c1-21-18-9-7-17(8-10-18)20-12-11-19-16(14-20)13-15-5-3-2-4-6-15/h2-10,16,19H,11-14H2,1H3. The monoisotopic (exact) mass is 282 g/mol. The van der Waals surface area contributed by atoms with Gasteiger partial charge in [0.1, 0.15) is 5.75 Å². The number of hydrogen-bond acceptors (Lipinski definition) is 3. The molecule has 110 valence electrons. The second-order valence-electron chi connectivity index (χ2n) is 5.48. The fourth-order valence-electron chi connectivity index (χ4n) is 2.89. The Hall–Kier alpha value is -2.00. The van der Waals surface area contributed by atoms with Crippen LogP contribution in [0.4, 0.5) is 5.69 Å². The van der Waals surface area contributed by atoms with Crippen LogP contribution >= 0.6 is 0 Å². The maximum Gasteiger partial charge on any atom is 0.119 e. The Labute approximate surface area is 126 Å². The molecule has 0 aliphatic carbocycles. The number of anilines is 1. The van der Waals surface area contributed by atoms with Crippen molar-refractivity contribution in [2.45, 2.75) is 12.5 Å². The van der Waals surface area contributed by atoms with Gasteiger partial charge in [0.25, 0.3) is 0 Å². The molecule has 1 aliphatic rings. The molecular weight excluding hydrogens is 260 g/mol. The molecule has 3 rings (SSSR count). The Morgan fingerprint density at radius 3 is 2.57 bits per heavy atom. The Morgan fingerprint density at radius 1 is 1.10 bits per heavy atom. The Balaban J connectivity index is 1.64. The van der Waals surface area contributed by atoms with E-state index in [1.54, 1.807) is 7.11 Å². The van der Waals surface area contributed by atoms with Crippen LogP contribution < -0.4 is 15.0 Å². The molecule has 0 spiro atoms. The molecule has 0 amide bonds. The number of methoxy groups -OCH3 is 1. The van der Waals surface area contributed by atoms with Gasteiger partial charge in [-0.05, 0) is 36.2 Å². The maximum absolute atomic E-state index is 5.23. The van der Waals surface area contributed by atoms with Gasteiger partial charge in [0, 0.05) is 31.4 Å². The highest BCUT2D eigenvalue weighted by atomic mass is 16.5. The number of benzene rings is 2. The van der Waals surface area contributed by atoms with E-state index in [1.165, 1.54) is 11.3 Å². The zero-order valence-corrected chi connectivity index (χ0v) is 12.5. The van der Waals surface area contributed by atoms with Crippen LogP contribution in [0.2, 0.25) is 0 Å². The van der Waals surface area contributed by atoms with Gasteiger partial charge in [0.2, 0.25) is 0 Å². The van der Waals surface area contributed by atoms with Crippen LogP contribution in [0.3, 0.4) is 0 Å². The SMILES string of the molecule is COc1ccc(N2CCNC(Cc3ccccc3)C2)cc1. The summed E-state index contributed by atoms with van der Waals surface area (Å²) in [6.07, 6.45) is 1.08. The molecule has 2 aromatic carbocycles. The van der Waals surface area contributed by atoms with Gasteiger partial charge in [-0.3, -0.25) is 0 Å². The van der Waals surface area contributed by atoms with E-state index in [2.05, 4.69) is 52.7 Å². The summed E-state index contributed by atoms with van der Waals surface area (Å²) in [6.45, 7) is 3.13. The lowest BCUT2D eigenvalue weighted by atomic mass is 10.0. The molecule has 3 heteroatoms. The third kappa shape index (κ3) is 3.56. The van der Waals surface area contributed by atoms with Crippen molar-refractivity contribution in [2.24, 2.45) is 0 Å². The fourth-order valence-corrected chi connectivity index (χ4v) is 2.89. The minimum absolute atomic E-state index is 0.503. The lowest BCUT2D eigenvalue weighted by Gasteiger charge is -2.35. The quantitative estimate of drug-likeness (QED) is 0.933. The zero-order chi connectivity index (χ0) is 14.5. The van der Waals surface area contributed by atoms with Gasteiger partial charge < -0.3 is 15.0 Å². The van der Waals surface area contributed by atoms with Gasteiger partial charge in [-0.1, -0.05) is 30.3 Å². The van der Waals surface area contributed by atoms with Crippen molar-refractivity contribution in [1.82, 2.24) is 5.32 Å². The van der Waals surface area contributed by atoms with Gasteiger partial charge in [0.05, 0.1) is 7.11 Å². The van der Waals surface area contributed by atoms with Crippen LogP contribution in [0, 0.1) is 0 Å². The molecule has 3 nitrogen and oxygen atoms in total. The first-order chi connectivity index (χ1) is 10.3. The van der Waals surface area contributed by atoms with Crippen LogP contribution in [-0.2, 0) is 6.42 Å². The maximum atomic E-state index is 5.23. The second kappa shape index (κ2) is 6.64. The smallest absolute Gasteiger partial charge is 0.119 e. The molecule has 0 bridgehead atoms. The third-order valence-electron chi connectivity index (χ3n) is 4.02. The van der Waals surface area contributed by atoms with Crippen molar-refractivity contribution in [3.63, 3.8) is 0 Å². The first-order valence-corrected chi connectivity index (χ1v) is 7.51. The molecule has 1 aliphatic heterocycles. The second-order valence-corrected chi connectivity index (χ2v) is 5.48. The van der Waals surface area contributed by atoms with Crippen molar-refractivity contribution >= 4 is 5.69 Å². The van der Waals surface area contributed by atoms with Gasteiger partial charge in [-0.25, -0.2) is 0 Å². The Morgan fingerprint density at radius 2 is 1.86 bits per heavy atom. The summed E-state index contributed by atoms with van der Waals surface area (Å²) >= 11 is 0. The first-order valence-electron chi connectivity index (χ1n) is 7.51. The molecule has 1 saturated heterocycles. The number of piperazine rings is 1. The molecule has 1 unspecified atom stereocenters. The van der Waals surface area contributed by atoms with E-state index in [0.717, 1.165) is 31.8 Å².